The molecule has 0 unspecified atom stereocenters. The van der Waals surface area contributed by atoms with Crippen molar-refractivity contribution < 1.29 is 9.53 Å². The van der Waals surface area contributed by atoms with Crippen molar-refractivity contribution in [1.29, 1.82) is 5.26 Å². The van der Waals surface area contributed by atoms with Crippen LogP contribution < -0.4 is 20.7 Å². The molecule has 0 aliphatic carbocycles. The smallest absolute Gasteiger partial charge is 0.254 e. The van der Waals surface area contributed by atoms with Gasteiger partial charge in [0.15, 0.2) is 5.75 Å². The summed E-state index contributed by atoms with van der Waals surface area (Å²) in [5.74, 6) is 0.00637. The van der Waals surface area contributed by atoms with Crippen molar-refractivity contribution in [3.63, 3.8) is 0 Å². The Labute approximate surface area is 139 Å². The molecule has 0 bridgehead atoms. The largest absolute Gasteiger partial charge is 0.436 e. The maximum absolute atomic E-state index is 11.6. The topological polar surface area (TPSA) is 104 Å². The fourth-order valence-corrected chi connectivity index (χ4v) is 2.60. The average Bonchev–Trinajstić information content (AvgIpc) is 2.62. The number of anilines is 1. The first-order valence-electron chi connectivity index (χ1n) is 7.61. The third-order valence-corrected chi connectivity index (χ3v) is 3.79. The van der Waals surface area contributed by atoms with E-state index in [-0.39, 0.29) is 11.4 Å². The minimum absolute atomic E-state index is 0.136. The SMILES string of the molecule is N#Cc1ccc(N2CCNCC2)c(Oc2ncccc2C(N)=O)c1. The van der Waals surface area contributed by atoms with Gasteiger partial charge in [0.25, 0.3) is 5.91 Å². The summed E-state index contributed by atoms with van der Waals surface area (Å²) < 4.78 is 5.87. The zero-order valence-electron chi connectivity index (χ0n) is 13.0. The molecule has 2 aromatic rings. The number of carbonyl (C=O) groups is 1. The van der Waals surface area contributed by atoms with Gasteiger partial charge in [-0.25, -0.2) is 4.98 Å². The van der Waals surface area contributed by atoms with Crippen LogP contribution in [-0.2, 0) is 0 Å². The Morgan fingerprint density at radius 1 is 1.33 bits per heavy atom. The lowest BCUT2D eigenvalue weighted by Gasteiger charge is -2.30. The number of nitriles is 1. The third-order valence-electron chi connectivity index (χ3n) is 3.79. The summed E-state index contributed by atoms with van der Waals surface area (Å²) in [4.78, 5) is 17.8. The first kappa shape index (κ1) is 15.8. The van der Waals surface area contributed by atoms with E-state index in [1.807, 2.05) is 6.07 Å². The lowest BCUT2D eigenvalue weighted by molar-refractivity contribution is 0.0997. The molecule has 0 spiro atoms. The van der Waals surface area contributed by atoms with Crippen LogP contribution in [0.3, 0.4) is 0 Å². The van der Waals surface area contributed by atoms with E-state index in [0.717, 1.165) is 31.9 Å². The van der Waals surface area contributed by atoms with Crippen molar-refractivity contribution in [1.82, 2.24) is 10.3 Å². The molecule has 0 atom stereocenters. The van der Waals surface area contributed by atoms with Crippen LogP contribution in [0, 0.1) is 11.3 Å². The summed E-state index contributed by atoms with van der Waals surface area (Å²) >= 11 is 0. The highest BCUT2D eigenvalue weighted by molar-refractivity contribution is 5.95. The van der Waals surface area contributed by atoms with Crippen molar-refractivity contribution in [2.75, 3.05) is 31.1 Å². The molecular formula is C17H17N5O2. The van der Waals surface area contributed by atoms with E-state index in [1.54, 1.807) is 24.3 Å². The number of hydrogen-bond donors (Lipinski definition) is 2. The van der Waals surface area contributed by atoms with Gasteiger partial charge in [0.1, 0.15) is 5.56 Å². The van der Waals surface area contributed by atoms with Crippen molar-refractivity contribution in [3.8, 4) is 17.7 Å². The number of nitrogens with one attached hydrogen (secondary N) is 1. The van der Waals surface area contributed by atoms with Crippen LogP contribution in [0.1, 0.15) is 15.9 Å². The predicted octanol–water partition coefficient (Wildman–Crippen LogP) is 1.25. The van der Waals surface area contributed by atoms with E-state index < -0.39 is 5.91 Å². The molecule has 7 heteroatoms. The van der Waals surface area contributed by atoms with E-state index in [4.69, 9.17) is 15.7 Å². The third kappa shape index (κ3) is 3.29. The molecule has 7 nitrogen and oxygen atoms in total. The lowest BCUT2D eigenvalue weighted by Crippen LogP contribution is -2.43. The van der Waals surface area contributed by atoms with Crippen LogP contribution in [-0.4, -0.2) is 37.1 Å². The van der Waals surface area contributed by atoms with Gasteiger partial charge in [-0.3, -0.25) is 4.79 Å². The van der Waals surface area contributed by atoms with Crippen molar-refractivity contribution in [2.45, 2.75) is 0 Å². The second-order valence-electron chi connectivity index (χ2n) is 5.35. The highest BCUT2D eigenvalue weighted by Crippen LogP contribution is 2.34. The number of piperazine rings is 1. The molecule has 24 heavy (non-hydrogen) atoms. The molecule has 1 saturated heterocycles. The molecule has 122 valence electrons. The van der Waals surface area contributed by atoms with Crippen molar-refractivity contribution >= 4 is 11.6 Å². The van der Waals surface area contributed by atoms with Crippen LogP contribution in [0.2, 0.25) is 0 Å². The zero-order valence-corrected chi connectivity index (χ0v) is 13.0. The van der Waals surface area contributed by atoms with Crippen LogP contribution in [0.5, 0.6) is 11.6 Å². The van der Waals surface area contributed by atoms with Crippen LogP contribution >= 0.6 is 0 Å². The number of nitrogens with two attached hydrogens (primary N) is 1. The monoisotopic (exact) mass is 323 g/mol. The summed E-state index contributed by atoms with van der Waals surface area (Å²) in [5.41, 5.74) is 6.91. The van der Waals surface area contributed by atoms with Gasteiger partial charge in [0.2, 0.25) is 5.88 Å². The van der Waals surface area contributed by atoms with Gasteiger partial charge in [-0.05, 0) is 24.3 Å². The Bertz CT molecular complexity index is 794. The van der Waals surface area contributed by atoms with E-state index in [9.17, 15) is 4.79 Å². The molecule has 1 fully saturated rings. The number of rotatable bonds is 4. The second-order valence-corrected chi connectivity index (χ2v) is 5.35. The predicted molar refractivity (Wildman–Crippen MR) is 89.1 cm³/mol. The Kier molecular flexibility index (Phi) is 4.59. The average molecular weight is 323 g/mol. The number of hydrogen-bond acceptors (Lipinski definition) is 6. The van der Waals surface area contributed by atoms with Gasteiger partial charge < -0.3 is 20.7 Å². The van der Waals surface area contributed by atoms with Crippen LogP contribution in [0.15, 0.2) is 36.5 Å². The summed E-state index contributed by atoms with van der Waals surface area (Å²) in [5, 5.41) is 12.4. The van der Waals surface area contributed by atoms with Gasteiger partial charge in [-0.2, -0.15) is 5.26 Å². The van der Waals surface area contributed by atoms with Gasteiger partial charge >= 0.3 is 0 Å². The summed E-state index contributed by atoms with van der Waals surface area (Å²) in [6, 6.07) is 10.5. The van der Waals surface area contributed by atoms with E-state index in [0.29, 0.717) is 11.3 Å². The molecule has 1 aromatic carbocycles. The summed E-state index contributed by atoms with van der Waals surface area (Å²) in [6.07, 6.45) is 1.53. The number of benzene rings is 1. The van der Waals surface area contributed by atoms with Gasteiger partial charge in [-0.1, -0.05) is 0 Å². The first-order valence-corrected chi connectivity index (χ1v) is 7.61. The molecule has 1 amide bonds. The first-order chi connectivity index (χ1) is 11.7. The quantitative estimate of drug-likeness (QED) is 0.877. The summed E-state index contributed by atoms with van der Waals surface area (Å²) in [7, 11) is 0. The second kappa shape index (κ2) is 6.98. The Hall–Kier alpha value is -3.11. The Morgan fingerprint density at radius 2 is 2.12 bits per heavy atom. The number of pyridine rings is 1. The summed E-state index contributed by atoms with van der Waals surface area (Å²) in [6.45, 7) is 3.39. The van der Waals surface area contributed by atoms with E-state index >= 15 is 0 Å². The number of aromatic nitrogens is 1. The number of carbonyl (C=O) groups excluding carboxylic acids is 1. The molecule has 0 saturated carbocycles. The molecule has 3 rings (SSSR count). The fourth-order valence-electron chi connectivity index (χ4n) is 2.60. The minimum Gasteiger partial charge on any atom is -0.436 e. The maximum atomic E-state index is 11.6. The van der Waals surface area contributed by atoms with Crippen molar-refractivity contribution in [3.05, 3.63) is 47.7 Å². The number of ether oxygens (including phenoxy) is 1. The van der Waals surface area contributed by atoms with E-state index in [2.05, 4.69) is 21.3 Å². The highest BCUT2D eigenvalue weighted by Gasteiger charge is 2.18. The minimum atomic E-state index is -0.613. The Balaban J connectivity index is 2.00. The van der Waals surface area contributed by atoms with Crippen LogP contribution in [0.4, 0.5) is 5.69 Å². The standard InChI is InChI=1S/C17H17N5O2/c18-11-12-3-4-14(22-8-6-20-7-9-22)15(10-12)24-17-13(16(19)23)2-1-5-21-17/h1-5,10,20H,6-9H2,(H2,19,23). The van der Waals surface area contributed by atoms with Gasteiger partial charge in [-0.15, -0.1) is 0 Å². The number of amides is 1. The van der Waals surface area contributed by atoms with Crippen molar-refractivity contribution in [2.24, 2.45) is 5.73 Å². The number of nitrogens with zero attached hydrogens (tertiary/aromatic N) is 3. The fraction of sp³-hybridized carbons (Fsp3) is 0.235. The van der Waals surface area contributed by atoms with Gasteiger partial charge in [0.05, 0.1) is 17.3 Å². The molecular weight excluding hydrogens is 306 g/mol. The van der Waals surface area contributed by atoms with Gasteiger partial charge in [0, 0.05) is 38.4 Å². The highest BCUT2D eigenvalue weighted by atomic mass is 16.5. The molecule has 1 aromatic heterocycles. The zero-order chi connectivity index (χ0) is 16.9. The molecule has 1 aliphatic rings. The normalized spacial score (nSPS) is 14.0. The molecule has 0 radical (unpaired) electrons. The van der Waals surface area contributed by atoms with Crippen LogP contribution in [0.25, 0.3) is 0 Å². The molecule has 3 N–H and O–H groups in total. The molecule has 2 heterocycles. The van der Waals surface area contributed by atoms with E-state index in [1.165, 1.54) is 6.20 Å². The molecule has 1 aliphatic heterocycles. The Morgan fingerprint density at radius 3 is 2.83 bits per heavy atom. The number of primary amides is 1. The lowest BCUT2D eigenvalue weighted by atomic mass is 10.1. The maximum Gasteiger partial charge on any atom is 0.254 e.